The van der Waals surface area contributed by atoms with Crippen molar-refractivity contribution in [1.82, 2.24) is 10.9 Å². The Balaban J connectivity index is 2.43. The molecule has 0 aliphatic carbocycles. The molecule has 1 aromatic rings. The Bertz CT molecular complexity index is 365. The third kappa shape index (κ3) is 4.10. The molecule has 5 nitrogen and oxygen atoms in total. The number of amides is 2. The summed E-state index contributed by atoms with van der Waals surface area (Å²) in [6.07, 6.45) is 0.437. The first-order valence-corrected chi connectivity index (χ1v) is 4.95. The summed E-state index contributed by atoms with van der Waals surface area (Å²) in [6, 6.07) is 8.78. The van der Waals surface area contributed by atoms with Gasteiger partial charge in [-0.3, -0.25) is 20.4 Å². The maximum Gasteiger partial charge on any atom is 0.255 e. The number of nitrogens with one attached hydrogen (secondary N) is 2. The van der Waals surface area contributed by atoms with E-state index in [4.69, 9.17) is 5.73 Å². The van der Waals surface area contributed by atoms with Gasteiger partial charge in [0.25, 0.3) is 5.91 Å². The van der Waals surface area contributed by atoms with E-state index in [0.29, 0.717) is 6.42 Å². The fourth-order valence-electron chi connectivity index (χ4n) is 1.20. The van der Waals surface area contributed by atoms with Crippen molar-refractivity contribution in [1.29, 1.82) is 0 Å². The minimum atomic E-state index is -0.672. The Kier molecular flexibility index (Phi) is 4.47. The van der Waals surface area contributed by atoms with Crippen LogP contribution in [0, 0.1) is 0 Å². The molecule has 5 heteroatoms. The number of benzene rings is 1. The number of hydrogen-bond donors (Lipinski definition) is 3. The van der Waals surface area contributed by atoms with E-state index in [1.807, 2.05) is 30.3 Å². The molecular formula is C11H15N3O2. The summed E-state index contributed by atoms with van der Waals surface area (Å²) in [5.74, 6) is -0.737. The third-order valence-corrected chi connectivity index (χ3v) is 2.00. The molecule has 0 heterocycles. The molecule has 1 aromatic carbocycles. The van der Waals surface area contributed by atoms with E-state index in [9.17, 15) is 9.59 Å². The van der Waals surface area contributed by atoms with Crippen LogP contribution in [0.3, 0.4) is 0 Å². The standard InChI is InChI=1S/C11H15N3O2/c1-8(15)13-14-11(16)10(12)7-9-5-3-2-4-6-9/h2-6,10H,7,12H2,1H3,(H,13,15)(H,14,16). The smallest absolute Gasteiger partial charge is 0.255 e. The maximum absolute atomic E-state index is 11.4. The Labute approximate surface area is 94.0 Å². The lowest BCUT2D eigenvalue weighted by Gasteiger charge is -2.12. The first-order chi connectivity index (χ1) is 7.59. The van der Waals surface area contributed by atoms with Crippen LogP contribution in [0.15, 0.2) is 30.3 Å². The lowest BCUT2D eigenvalue weighted by atomic mass is 10.1. The van der Waals surface area contributed by atoms with Crippen LogP contribution >= 0.6 is 0 Å². The van der Waals surface area contributed by atoms with Gasteiger partial charge in [-0.2, -0.15) is 0 Å². The van der Waals surface area contributed by atoms with Crippen molar-refractivity contribution >= 4 is 11.8 Å². The summed E-state index contributed by atoms with van der Waals surface area (Å²) >= 11 is 0. The Hall–Kier alpha value is -1.88. The van der Waals surface area contributed by atoms with E-state index < -0.39 is 11.9 Å². The summed E-state index contributed by atoms with van der Waals surface area (Å²) in [5, 5.41) is 0. The van der Waals surface area contributed by atoms with Crippen molar-refractivity contribution in [2.45, 2.75) is 19.4 Å². The van der Waals surface area contributed by atoms with Gasteiger partial charge in [0, 0.05) is 6.92 Å². The summed E-state index contributed by atoms with van der Waals surface area (Å²) in [5.41, 5.74) is 11.1. The lowest BCUT2D eigenvalue weighted by molar-refractivity contribution is -0.128. The minimum Gasteiger partial charge on any atom is -0.320 e. The highest BCUT2D eigenvalue weighted by Crippen LogP contribution is 2.01. The maximum atomic E-state index is 11.4. The van der Waals surface area contributed by atoms with E-state index in [1.54, 1.807) is 0 Å². The molecule has 0 aromatic heterocycles. The van der Waals surface area contributed by atoms with E-state index in [-0.39, 0.29) is 5.91 Å². The number of carbonyl (C=O) groups is 2. The number of rotatable bonds is 3. The third-order valence-electron chi connectivity index (χ3n) is 2.00. The van der Waals surface area contributed by atoms with E-state index in [2.05, 4.69) is 10.9 Å². The molecule has 0 saturated carbocycles. The highest BCUT2D eigenvalue weighted by atomic mass is 16.2. The minimum absolute atomic E-state index is 0.333. The summed E-state index contributed by atoms with van der Waals surface area (Å²) in [4.78, 5) is 22.0. The van der Waals surface area contributed by atoms with E-state index in [0.717, 1.165) is 5.56 Å². The van der Waals surface area contributed by atoms with Crippen LogP contribution < -0.4 is 16.6 Å². The van der Waals surface area contributed by atoms with Crippen LogP contribution in [0.5, 0.6) is 0 Å². The van der Waals surface area contributed by atoms with Gasteiger partial charge in [0.05, 0.1) is 6.04 Å². The number of hydrogen-bond acceptors (Lipinski definition) is 3. The van der Waals surface area contributed by atoms with Crippen LogP contribution in [-0.2, 0) is 16.0 Å². The zero-order valence-electron chi connectivity index (χ0n) is 9.07. The highest BCUT2D eigenvalue weighted by Gasteiger charge is 2.13. The summed E-state index contributed by atoms with van der Waals surface area (Å²) in [7, 11) is 0. The van der Waals surface area contributed by atoms with Gasteiger partial charge in [-0.05, 0) is 12.0 Å². The molecule has 0 radical (unpaired) electrons. The quantitative estimate of drug-likeness (QED) is 0.614. The van der Waals surface area contributed by atoms with Crippen molar-refractivity contribution in [3.05, 3.63) is 35.9 Å². The second-order valence-electron chi connectivity index (χ2n) is 3.47. The SMILES string of the molecule is CC(=O)NNC(=O)C(N)Cc1ccccc1. The highest BCUT2D eigenvalue weighted by molar-refractivity contribution is 5.84. The average Bonchev–Trinajstić information content (AvgIpc) is 2.27. The largest absolute Gasteiger partial charge is 0.320 e. The van der Waals surface area contributed by atoms with Gasteiger partial charge in [0.15, 0.2) is 0 Å². The van der Waals surface area contributed by atoms with Crippen LogP contribution in [0.25, 0.3) is 0 Å². The fourth-order valence-corrected chi connectivity index (χ4v) is 1.20. The number of nitrogens with two attached hydrogens (primary N) is 1. The molecule has 0 aliphatic heterocycles. The van der Waals surface area contributed by atoms with Gasteiger partial charge in [-0.1, -0.05) is 30.3 Å². The summed E-state index contributed by atoms with van der Waals surface area (Å²) in [6.45, 7) is 1.31. The predicted molar refractivity (Wildman–Crippen MR) is 60.1 cm³/mol. The molecule has 1 rings (SSSR count). The molecular weight excluding hydrogens is 206 g/mol. The molecule has 0 bridgehead atoms. The van der Waals surface area contributed by atoms with Crippen molar-refractivity contribution in [2.24, 2.45) is 5.73 Å². The molecule has 0 saturated heterocycles. The zero-order valence-corrected chi connectivity index (χ0v) is 9.07. The van der Waals surface area contributed by atoms with E-state index in [1.165, 1.54) is 6.92 Å². The normalized spacial score (nSPS) is 11.6. The fraction of sp³-hybridized carbons (Fsp3) is 0.273. The zero-order chi connectivity index (χ0) is 12.0. The monoisotopic (exact) mass is 221 g/mol. The van der Waals surface area contributed by atoms with Gasteiger partial charge < -0.3 is 5.73 Å². The van der Waals surface area contributed by atoms with E-state index >= 15 is 0 Å². The topological polar surface area (TPSA) is 84.2 Å². The Morgan fingerprint density at radius 3 is 2.44 bits per heavy atom. The second-order valence-corrected chi connectivity index (χ2v) is 3.47. The first-order valence-electron chi connectivity index (χ1n) is 4.95. The van der Waals surface area contributed by atoms with Crippen LogP contribution in [0.2, 0.25) is 0 Å². The van der Waals surface area contributed by atoms with Gasteiger partial charge in [0.2, 0.25) is 5.91 Å². The molecule has 16 heavy (non-hydrogen) atoms. The summed E-state index contributed by atoms with van der Waals surface area (Å²) < 4.78 is 0. The average molecular weight is 221 g/mol. The van der Waals surface area contributed by atoms with Crippen LogP contribution in [-0.4, -0.2) is 17.9 Å². The molecule has 2 amide bonds. The second kappa shape index (κ2) is 5.87. The van der Waals surface area contributed by atoms with Gasteiger partial charge in [0.1, 0.15) is 0 Å². The predicted octanol–water partition coefficient (Wildman–Crippen LogP) is -0.276. The van der Waals surface area contributed by atoms with Crippen molar-refractivity contribution in [2.75, 3.05) is 0 Å². The van der Waals surface area contributed by atoms with Gasteiger partial charge >= 0.3 is 0 Å². The molecule has 86 valence electrons. The molecule has 1 atom stereocenters. The number of hydrazine groups is 1. The molecule has 1 unspecified atom stereocenters. The van der Waals surface area contributed by atoms with Crippen molar-refractivity contribution < 1.29 is 9.59 Å². The van der Waals surface area contributed by atoms with Crippen LogP contribution in [0.1, 0.15) is 12.5 Å². The Morgan fingerprint density at radius 1 is 1.25 bits per heavy atom. The Morgan fingerprint density at radius 2 is 1.88 bits per heavy atom. The first kappa shape index (κ1) is 12.2. The molecule has 0 spiro atoms. The lowest BCUT2D eigenvalue weighted by Crippen LogP contribution is -2.49. The van der Waals surface area contributed by atoms with Crippen molar-refractivity contribution in [3.8, 4) is 0 Å². The van der Waals surface area contributed by atoms with Gasteiger partial charge in [-0.15, -0.1) is 0 Å². The van der Waals surface area contributed by atoms with Gasteiger partial charge in [-0.25, -0.2) is 0 Å². The van der Waals surface area contributed by atoms with Crippen molar-refractivity contribution in [3.63, 3.8) is 0 Å². The molecule has 4 N–H and O–H groups in total. The molecule has 0 fully saturated rings. The molecule has 0 aliphatic rings. The number of carbonyl (C=O) groups excluding carboxylic acids is 2. The van der Waals surface area contributed by atoms with Crippen LogP contribution in [0.4, 0.5) is 0 Å².